The molecule has 2 aliphatic rings. The normalized spacial score (nSPS) is 21.4. The Balaban J connectivity index is 1.62. The maximum absolute atomic E-state index is 11.7. The summed E-state index contributed by atoms with van der Waals surface area (Å²) >= 11 is 0. The van der Waals surface area contributed by atoms with E-state index in [0.29, 0.717) is 11.6 Å². The van der Waals surface area contributed by atoms with Crippen molar-refractivity contribution in [2.45, 2.75) is 37.8 Å². The lowest BCUT2D eigenvalue weighted by atomic mass is 9.85. The summed E-state index contributed by atoms with van der Waals surface area (Å²) in [7, 11) is 1.47. The zero-order valence-electron chi connectivity index (χ0n) is 15.2. The maximum atomic E-state index is 11.7. The molecule has 0 aromatic heterocycles. The number of aliphatic carboxylic acids is 1. The van der Waals surface area contributed by atoms with Crippen molar-refractivity contribution < 1.29 is 19.6 Å². The third-order valence-electron chi connectivity index (χ3n) is 5.20. The highest BCUT2D eigenvalue weighted by molar-refractivity contribution is 5.95. The van der Waals surface area contributed by atoms with Gasteiger partial charge in [-0.3, -0.25) is 24.6 Å². The lowest BCUT2D eigenvalue weighted by Crippen LogP contribution is -2.52. The van der Waals surface area contributed by atoms with E-state index in [4.69, 9.17) is 5.11 Å². The Morgan fingerprint density at radius 3 is 2.59 bits per heavy atom. The van der Waals surface area contributed by atoms with Crippen molar-refractivity contribution in [2.75, 3.05) is 25.5 Å². The fourth-order valence-corrected chi connectivity index (χ4v) is 3.46. The zero-order chi connectivity index (χ0) is 19.6. The molecular weight excluding hydrogens is 352 g/mol. The van der Waals surface area contributed by atoms with Gasteiger partial charge in [0.05, 0.1) is 11.5 Å². The van der Waals surface area contributed by atoms with Crippen molar-refractivity contribution in [2.24, 2.45) is 5.92 Å². The summed E-state index contributed by atoms with van der Waals surface area (Å²) in [6, 6.07) is 4.60. The predicted molar refractivity (Wildman–Crippen MR) is 98.9 cm³/mol. The number of carbonyl (C=O) groups excluding carboxylic acids is 1. The third kappa shape index (κ3) is 4.73. The first-order valence-corrected chi connectivity index (χ1v) is 9.10. The molecular formula is C18H24N4O5. The van der Waals surface area contributed by atoms with Crippen LogP contribution in [0.25, 0.3) is 0 Å². The van der Waals surface area contributed by atoms with Crippen molar-refractivity contribution in [1.82, 2.24) is 10.2 Å². The van der Waals surface area contributed by atoms with Crippen molar-refractivity contribution in [3.05, 3.63) is 33.9 Å². The van der Waals surface area contributed by atoms with Crippen LogP contribution in [0.15, 0.2) is 18.2 Å². The molecule has 0 unspecified atom stereocenters. The molecule has 27 heavy (non-hydrogen) atoms. The van der Waals surface area contributed by atoms with Crippen molar-refractivity contribution >= 4 is 23.3 Å². The SMILES string of the molecule is CNC(=O)c1ccc(NC2CC(N(CC(=O)O)CC3CC3)C2)c([N+](=O)[O-])c1. The van der Waals surface area contributed by atoms with Gasteiger partial charge in [-0.25, -0.2) is 0 Å². The monoisotopic (exact) mass is 376 g/mol. The summed E-state index contributed by atoms with van der Waals surface area (Å²) in [5.74, 6) is -0.597. The largest absolute Gasteiger partial charge is 0.480 e. The van der Waals surface area contributed by atoms with Gasteiger partial charge in [-0.15, -0.1) is 0 Å². The molecule has 2 aliphatic carbocycles. The van der Waals surface area contributed by atoms with Gasteiger partial charge in [0, 0.05) is 37.3 Å². The smallest absolute Gasteiger partial charge is 0.317 e. The van der Waals surface area contributed by atoms with E-state index >= 15 is 0 Å². The number of nitrogens with zero attached hydrogens (tertiary/aromatic N) is 2. The molecule has 9 nitrogen and oxygen atoms in total. The Hall–Kier alpha value is -2.68. The Bertz CT molecular complexity index is 743. The molecule has 2 saturated carbocycles. The van der Waals surface area contributed by atoms with E-state index in [1.54, 1.807) is 12.1 Å². The van der Waals surface area contributed by atoms with Crippen LogP contribution in [0.3, 0.4) is 0 Å². The number of carboxylic acid groups (broad SMARTS) is 1. The maximum Gasteiger partial charge on any atom is 0.317 e. The minimum Gasteiger partial charge on any atom is -0.480 e. The van der Waals surface area contributed by atoms with E-state index in [-0.39, 0.29) is 35.8 Å². The molecule has 0 atom stereocenters. The molecule has 0 bridgehead atoms. The van der Waals surface area contributed by atoms with E-state index in [1.165, 1.54) is 13.1 Å². The van der Waals surface area contributed by atoms with E-state index in [1.807, 2.05) is 4.90 Å². The van der Waals surface area contributed by atoms with Crippen LogP contribution >= 0.6 is 0 Å². The second-order valence-corrected chi connectivity index (χ2v) is 7.30. The average Bonchev–Trinajstić information content (AvgIpc) is 3.40. The highest BCUT2D eigenvalue weighted by atomic mass is 16.6. The first-order chi connectivity index (χ1) is 12.9. The van der Waals surface area contributed by atoms with Gasteiger partial charge in [-0.1, -0.05) is 0 Å². The Morgan fingerprint density at radius 2 is 2.04 bits per heavy atom. The van der Waals surface area contributed by atoms with E-state index in [2.05, 4.69) is 10.6 Å². The van der Waals surface area contributed by atoms with Crippen LogP contribution in [0.4, 0.5) is 11.4 Å². The van der Waals surface area contributed by atoms with Gasteiger partial charge in [0.1, 0.15) is 5.69 Å². The first kappa shape index (κ1) is 19.1. The third-order valence-corrected chi connectivity index (χ3v) is 5.20. The number of nitrogens with one attached hydrogen (secondary N) is 2. The second kappa shape index (κ2) is 7.91. The highest BCUT2D eigenvalue weighted by Gasteiger charge is 2.37. The number of benzene rings is 1. The van der Waals surface area contributed by atoms with Gasteiger partial charge in [-0.2, -0.15) is 0 Å². The quantitative estimate of drug-likeness (QED) is 0.442. The van der Waals surface area contributed by atoms with Crippen LogP contribution in [0.2, 0.25) is 0 Å². The second-order valence-electron chi connectivity index (χ2n) is 7.30. The fraction of sp³-hybridized carbons (Fsp3) is 0.556. The number of nitro benzene ring substituents is 1. The van der Waals surface area contributed by atoms with Gasteiger partial charge in [-0.05, 0) is 43.7 Å². The fourth-order valence-electron chi connectivity index (χ4n) is 3.46. The molecule has 0 heterocycles. The van der Waals surface area contributed by atoms with Gasteiger partial charge in [0.15, 0.2) is 0 Å². The molecule has 0 radical (unpaired) electrons. The Labute approximate surface area is 156 Å². The Morgan fingerprint density at radius 1 is 1.33 bits per heavy atom. The molecule has 3 N–H and O–H groups in total. The number of amides is 1. The number of nitro groups is 1. The zero-order valence-corrected chi connectivity index (χ0v) is 15.2. The summed E-state index contributed by atoms with van der Waals surface area (Å²) in [5, 5.41) is 26.1. The average molecular weight is 376 g/mol. The number of anilines is 1. The summed E-state index contributed by atoms with van der Waals surface area (Å²) in [5.41, 5.74) is 0.473. The molecule has 2 fully saturated rings. The number of hydrogen-bond acceptors (Lipinski definition) is 6. The number of carbonyl (C=O) groups is 2. The molecule has 0 spiro atoms. The van der Waals surface area contributed by atoms with Crippen LogP contribution in [0, 0.1) is 16.0 Å². The Kier molecular flexibility index (Phi) is 5.59. The lowest BCUT2D eigenvalue weighted by molar-refractivity contribution is -0.384. The van der Waals surface area contributed by atoms with Crippen LogP contribution in [-0.4, -0.2) is 59.0 Å². The lowest BCUT2D eigenvalue weighted by Gasteiger charge is -2.43. The van der Waals surface area contributed by atoms with Crippen molar-refractivity contribution in [3.8, 4) is 0 Å². The number of hydrogen-bond donors (Lipinski definition) is 3. The summed E-state index contributed by atoms with van der Waals surface area (Å²) in [6.45, 7) is 0.847. The number of rotatable bonds is 9. The molecule has 146 valence electrons. The molecule has 0 saturated heterocycles. The van der Waals surface area contributed by atoms with Crippen LogP contribution in [-0.2, 0) is 4.79 Å². The van der Waals surface area contributed by atoms with Crippen LogP contribution in [0.1, 0.15) is 36.0 Å². The molecule has 0 aliphatic heterocycles. The number of carboxylic acids is 1. The summed E-state index contributed by atoms with van der Waals surface area (Å²) in [6.07, 6.45) is 3.81. The topological polar surface area (TPSA) is 125 Å². The summed E-state index contributed by atoms with van der Waals surface area (Å²) < 4.78 is 0. The van der Waals surface area contributed by atoms with Crippen molar-refractivity contribution in [1.29, 1.82) is 0 Å². The summed E-state index contributed by atoms with van der Waals surface area (Å²) in [4.78, 5) is 35.6. The first-order valence-electron chi connectivity index (χ1n) is 9.10. The standard InChI is InChI=1S/C18H24N4O5/c1-19-18(25)12-4-5-15(16(6-12)22(26)27)20-13-7-14(8-13)21(10-17(23)24)9-11-2-3-11/h4-6,11,13-14,20H,2-3,7-10H2,1H3,(H,19,25)(H,23,24). The van der Waals surface area contributed by atoms with Gasteiger partial charge >= 0.3 is 5.97 Å². The predicted octanol–water partition coefficient (Wildman–Crippen LogP) is 1.69. The van der Waals surface area contributed by atoms with Gasteiger partial charge in [0.2, 0.25) is 0 Å². The minimum absolute atomic E-state index is 0.0366. The molecule has 3 rings (SSSR count). The van der Waals surface area contributed by atoms with Gasteiger partial charge in [0.25, 0.3) is 11.6 Å². The minimum atomic E-state index is -0.826. The highest BCUT2D eigenvalue weighted by Crippen LogP contribution is 2.36. The van der Waals surface area contributed by atoms with E-state index in [0.717, 1.165) is 32.2 Å². The van der Waals surface area contributed by atoms with Crippen LogP contribution < -0.4 is 10.6 Å². The molecule has 9 heteroatoms. The van der Waals surface area contributed by atoms with E-state index in [9.17, 15) is 19.7 Å². The van der Waals surface area contributed by atoms with E-state index < -0.39 is 10.9 Å². The van der Waals surface area contributed by atoms with Crippen LogP contribution in [0.5, 0.6) is 0 Å². The molecule has 1 amide bonds. The molecule has 1 aromatic rings. The van der Waals surface area contributed by atoms with Crippen molar-refractivity contribution in [3.63, 3.8) is 0 Å². The van der Waals surface area contributed by atoms with Gasteiger partial charge < -0.3 is 15.7 Å². The molecule has 1 aromatic carbocycles.